The Morgan fingerprint density at radius 3 is 2.28 bits per heavy atom. The summed E-state index contributed by atoms with van der Waals surface area (Å²) in [6.07, 6.45) is 1.53. The summed E-state index contributed by atoms with van der Waals surface area (Å²) in [6.45, 7) is 3.20. The fourth-order valence-electron chi connectivity index (χ4n) is 2.00. The van der Waals surface area contributed by atoms with Crippen LogP contribution >= 0.6 is 15.9 Å². The number of ether oxygens (including phenoxy) is 1. The smallest absolute Gasteiger partial charge is 0.0550 e. The molecule has 0 saturated heterocycles. The second kappa shape index (κ2) is 7.89. The Kier molecular flexibility index (Phi) is 6.86. The molecule has 1 rings (SSSR count). The van der Waals surface area contributed by atoms with Gasteiger partial charge in [-0.15, -0.1) is 0 Å². The van der Waals surface area contributed by atoms with Crippen LogP contribution in [-0.2, 0) is 10.2 Å². The topological polar surface area (TPSA) is 49.7 Å². The van der Waals surface area contributed by atoms with E-state index in [1.807, 2.05) is 31.2 Å². The molecular weight excluding hydrogens is 296 g/mol. The van der Waals surface area contributed by atoms with Gasteiger partial charge in [-0.05, 0) is 37.5 Å². The largest absolute Gasteiger partial charge is 0.395 e. The molecule has 18 heavy (non-hydrogen) atoms. The third-order valence-electron chi connectivity index (χ3n) is 3.21. The molecule has 0 radical (unpaired) electrons. The maximum atomic E-state index is 9.64. The van der Waals surface area contributed by atoms with E-state index in [0.717, 1.165) is 16.5 Å². The summed E-state index contributed by atoms with van der Waals surface area (Å²) in [4.78, 5) is 0. The molecule has 0 bridgehead atoms. The molecule has 102 valence electrons. The molecule has 0 amide bonds. The van der Waals surface area contributed by atoms with E-state index in [9.17, 15) is 10.2 Å². The van der Waals surface area contributed by atoms with Crippen molar-refractivity contribution in [2.75, 3.05) is 26.4 Å². The molecule has 0 unspecified atom stereocenters. The molecule has 0 spiro atoms. The number of aliphatic hydroxyl groups is 2. The first-order chi connectivity index (χ1) is 8.68. The van der Waals surface area contributed by atoms with Gasteiger partial charge < -0.3 is 14.9 Å². The summed E-state index contributed by atoms with van der Waals surface area (Å²) in [5.41, 5.74) is 0.393. The van der Waals surface area contributed by atoms with E-state index in [4.69, 9.17) is 4.74 Å². The molecule has 0 aromatic heterocycles. The number of hydrogen-bond donors (Lipinski definition) is 2. The van der Waals surface area contributed by atoms with E-state index in [-0.39, 0.29) is 13.2 Å². The van der Waals surface area contributed by atoms with Crippen molar-refractivity contribution >= 4 is 15.9 Å². The van der Waals surface area contributed by atoms with Crippen molar-refractivity contribution in [2.24, 2.45) is 0 Å². The van der Waals surface area contributed by atoms with Gasteiger partial charge in [0.1, 0.15) is 0 Å². The van der Waals surface area contributed by atoms with Gasteiger partial charge in [0.25, 0.3) is 0 Å². The summed E-state index contributed by atoms with van der Waals surface area (Å²) in [5.74, 6) is 0. The molecule has 0 fully saturated rings. The second-order valence-corrected chi connectivity index (χ2v) is 5.32. The number of halogens is 1. The highest BCUT2D eigenvalue weighted by atomic mass is 79.9. The lowest BCUT2D eigenvalue weighted by molar-refractivity contribution is 0.0892. The Morgan fingerprint density at radius 2 is 1.78 bits per heavy atom. The van der Waals surface area contributed by atoms with Gasteiger partial charge in [-0.1, -0.05) is 28.1 Å². The van der Waals surface area contributed by atoms with Crippen LogP contribution in [-0.4, -0.2) is 36.6 Å². The van der Waals surface area contributed by atoms with Crippen molar-refractivity contribution in [1.82, 2.24) is 0 Å². The Labute approximate surface area is 117 Å². The van der Waals surface area contributed by atoms with E-state index in [2.05, 4.69) is 15.9 Å². The van der Waals surface area contributed by atoms with Crippen LogP contribution in [0.1, 0.15) is 25.3 Å². The zero-order chi connectivity index (χ0) is 13.4. The predicted octanol–water partition coefficient (Wildman–Crippen LogP) is 2.49. The highest BCUT2D eigenvalue weighted by molar-refractivity contribution is 9.10. The molecule has 2 N–H and O–H groups in total. The van der Waals surface area contributed by atoms with Crippen LogP contribution in [0.4, 0.5) is 0 Å². The van der Waals surface area contributed by atoms with E-state index in [1.54, 1.807) is 0 Å². The Bertz CT molecular complexity index is 333. The lowest BCUT2D eigenvalue weighted by Crippen LogP contribution is -2.35. The van der Waals surface area contributed by atoms with Gasteiger partial charge >= 0.3 is 0 Å². The van der Waals surface area contributed by atoms with Gasteiger partial charge in [-0.25, -0.2) is 0 Å². The third-order valence-corrected chi connectivity index (χ3v) is 3.74. The quantitative estimate of drug-likeness (QED) is 0.724. The fourth-order valence-corrected chi connectivity index (χ4v) is 2.26. The van der Waals surface area contributed by atoms with Crippen LogP contribution < -0.4 is 0 Å². The Morgan fingerprint density at radius 1 is 1.17 bits per heavy atom. The van der Waals surface area contributed by atoms with Crippen molar-refractivity contribution in [2.45, 2.75) is 25.2 Å². The van der Waals surface area contributed by atoms with Gasteiger partial charge in [-0.3, -0.25) is 0 Å². The lowest BCUT2D eigenvalue weighted by Gasteiger charge is -2.30. The summed E-state index contributed by atoms with van der Waals surface area (Å²) in [6, 6.07) is 7.74. The van der Waals surface area contributed by atoms with Crippen LogP contribution in [0, 0.1) is 0 Å². The van der Waals surface area contributed by atoms with Crippen LogP contribution in [0.25, 0.3) is 0 Å². The predicted molar refractivity (Wildman–Crippen MR) is 75.7 cm³/mol. The molecule has 0 aliphatic heterocycles. The minimum Gasteiger partial charge on any atom is -0.395 e. The van der Waals surface area contributed by atoms with E-state index in [1.165, 1.54) is 0 Å². The molecular formula is C14H21BrO3. The normalized spacial score (nSPS) is 11.8. The molecule has 0 saturated carbocycles. The average Bonchev–Trinajstić information content (AvgIpc) is 2.41. The summed E-state index contributed by atoms with van der Waals surface area (Å²) >= 11 is 3.38. The van der Waals surface area contributed by atoms with Gasteiger partial charge in [-0.2, -0.15) is 0 Å². The van der Waals surface area contributed by atoms with Crippen molar-refractivity contribution < 1.29 is 14.9 Å². The van der Waals surface area contributed by atoms with Gasteiger partial charge in [0.15, 0.2) is 0 Å². The zero-order valence-electron chi connectivity index (χ0n) is 10.7. The first-order valence-corrected chi connectivity index (χ1v) is 7.03. The van der Waals surface area contributed by atoms with E-state index in [0.29, 0.717) is 19.6 Å². The minimum absolute atomic E-state index is 0.0583. The third kappa shape index (κ3) is 4.05. The molecule has 0 aliphatic rings. The lowest BCUT2D eigenvalue weighted by atomic mass is 9.78. The van der Waals surface area contributed by atoms with Crippen LogP contribution in [0.15, 0.2) is 28.7 Å². The molecule has 0 atom stereocenters. The number of benzene rings is 1. The van der Waals surface area contributed by atoms with Gasteiger partial charge in [0.05, 0.1) is 13.2 Å². The molecule has 4 heteroatoms. The van der Waals surface area contributed by atoms with Crippen LogP contribution in [0.5, 0.6) is 0 Å². The summed E-state index contributed by atoms with van der Waals surface area (Å²) in [7, 11) is 0. The summed E-state index contributed by atoms with van der Waals surface area (Å²) in [5, 5.41) is 19.3. The number of rotatable bonds is 8. The number of hydrogen-bond acceptors (Lipinski definition) is 3. The van der Waals surface area contributed by atoms with E-state index < -0.39 is 5.41 Å². The Hall–Kier alpha value is -0.420. The van der Waals surface area contributed by atoms with Crippen LogP contribution in [0.2, 0.25) is 0 Å². The molecule has 1 aromatic rings. The molecule has 0 aliphatic carbocycles. The highest BCUT2D eigenvalue weighted by Crippen LogP contribution is 2.29. The molecule has 0 heterocycles. The zero-order valence-corrected chi connectivity index (χ0v) is 12.3. The monoisotopic (exact) mass is 316 g/mol. The van der Waals surface area contributed by atoms with Gasteiger partial charge in [0.2, 0.25) is 0 Å². The maximum absolute atomic E-state index is 9.64. The average molecular weight is 317 g/mol. The minimum atomic E-state index is -0.572. The second-order valence-electron chi connectivity index (χ2n) is 4.40. The van der Waals surface area contributed by atoms with Gasteiger partial charge in [0, 0.05) is 23.1 Å². The Balaban J connectivity index is 2.75. The standard InChI is InChI=1S/C14H21BrO3/c1-2-18-9-3-8-14(10-16,11-17)12-4-6-13(15)7-5-12/h4-7,16-17H,2-3,8-11H2,1H3. The number of aliphatic hydroxyl groups excluding tert-OH is 2. The van der Waals surface area contributed by atoms with Crippen molar-refractivity contribution in [1.29, 1.82) is 0 Å². The first-order valence-electron chi connectivity index (χ1n) is 6.24. The molecule has 3 nitrogen and oxygen atoms in total. The molecule has 1 aromatic carbocycles. The van der Waals surface area contributed by atoms with Crippen molar-refractivity contribution in [3.63, 3.8) is 0 Å². The first kappa shape index (κ1) is 15.6. The van der Waals surface area contributed by atoms with Crippen LogP contribution in [0.3, 0.4) is 0 Å². The summed E-state index contributed by atoms with van der Waals surface area (Å²) < 4.78 is 6.29. The highest BCUT2D eigenvalue weighted by Gasteiger charge is 2.30. The SMILES string of the molecule is CCOCCCC(CO)(CO)c1ccc(Br)cc1. The van der Waals surface area contributed by atoms with E-state index >= 15 is 0 Å². The maximum Gasteiger partial charge on any atom is 0.0550 e. The van der Waals surface area contributed by atoms with Crippen molar-refractivity contribution in [3.05, 3.63) is 34.3 Å². The van der Waals surface area contributed by atoms with Crippen molar-refractivity contribution in [3.8, 4) is 0 Å². The fraction of sp³-hybridized carbons (Fsp3) is 0.571.